The van der Waals surface area contributed by atoms with Crippen LogP contribution in [0.5, 0.6) is 11.5 Å². The van der Waals surface area contributed by atoms with E-state index in [9.17, 15) is 0 Å². The molecule has 0 aliphatic rings. The molecule has 0 aliphatic carbocycles. The van der Waals surface area contributed by atoms with Gasteiger partial charge < -0.3 is 13.9 Å². The summed E-state index contributed by atoms with van der Waals surface area (Å²) in [5.41, 5.74) is 1.65. The summed E-state index contributed by atoms with van der Waals surface area (Å²) in [6, 6.07) is 7.80. The summed E-state index contributed by atoms with van der Waals surface area (Å²) in [5, 5.41) is 0. The number of hydrogen-bond acceptors (Lipinski definition) is 3. The fourth-order valence-corrected chi connectivity index (χ4v) is 10.4. The first-order valence-electron chi connectivity index (χ1n) is 10.6. The maximum absolute atomic E-state index is 7.16. The molecule has 0 saturated carbocycles. The van der Waals surface area contributed by atoms with E-state index in [0.717, 1.165) is 30.8 Å². The van der Waals surface area contributed by atoms with Crippen LogP contribution in [0.25, 0.3) is 0 Å². The van der Waals surface area contributed by atoms with Crippen LogP contribution in [0.2, 0.25) is 16.6 Å². The number of ether oxygens (including phenoxy) is 2. The molecule has 1 rings (SSSR count). The van der Waals surface area contributed by atoms with Crippen LogP contribution in [0.3, 0.4) is 0 Å². The standard InChI is InChI=1S/C23H42O3Si/c1-10-15-23(8,26-27(18(2)3,19(4)5)20(6)7)16-17-25-22-13-11-21(24-9)12-14-22/h11-14,18-20H,10,15-17H2,1-9H3/t23-/m1/s1. The molecule has 0 unspecified atom stereocenters. The zero-order valence-electron chi connectivity index (χ0n) is 19.1. The molecule has 0 aromatic heterocycles. The number of benzene rings is 1. The predicted octanol–water partition coefficient (Wildman–Crippen LogP) is 7.22. The minimum Gasteiger partial charge on any atom is -0.497 e. The molecule has 156 valence electrons. The van der Waals surface area contributed by atoms with Gasteiger partial charge >= 0.3 is 0 Å². The van der Waals surface area contributed by atoms with Crippen LogP contribution in [0.15, 0.2) is 24.3 Å². The van der Waals surface area contributed by atoms with E-state index in [1.165, 1.54) is 0 Å². The van der Waals surface area contributed by atoms with Crippen molar-refractivity contribution in [1.29, 1.82) is 0 Å². The van der Waals surface area contributed by atoms with Gasteiger partial charge in [-0.1, -0.05) is 54.9 Å². The average Bonchev–Trinajstić information content (AvgIpc) is 2.59. The molecule has 1 aromatic rings. The van der Waals surface area contributed by atoms with Gasteiger partial charge in [0.25, 0.3) is 0 Å². The van der Waals surface area contributed by atoms with Crippen LogP contribution < -0.4 is 9.47 Å². The molecule has 3 nitrogen and oxygen atoms in total. The Morgan fingerprint density at radius 1 is 0.852 bits per heavy atom. The zero-order chi connectivity index (χ0) is 20.7. The van der Waals surface area contributed by atoms with Crippen molar-refractivity contribution >= 4 is 8.32 Å². The van der Waals surface area contributed by atoms with E-state index in [1.54, 1.807) is 7.11 Å². The third kappa shape index (κ3) is 6.25. The maximum Gasteiger partial charge on any atom is 0.201 e. The molecule has 0 heterocycles. The van der Waals surface area contributed by atoms with Gasteiger partial charge in [-0.25, -0.2) is 0 Å². The van der Waals surface area contributed by atoms with Crippen molar-refractivity contribution in [3.05, 3.63) is 24.3 Å². The lowest BCUT2D eigenvalue weighted by molar-refractivity contribution is 0.0355. The number of hydrogen-bond donors (Lipinski definition) is 0. The van der Waals surface area contributed by atoms with E-state index < -0.39 is 8.32 Å². The van der Waals surface area contributed by atoms with Gasteiger partial charge in [0.15, 0.2) is 0 Å². The predicted molar refractivity (Wildman–Crippen MR) is 119 cm³/mol. The van der Waals surface area contributed by atoms with Crippen molar-refractivity contribution < 1.29 is 13.9 Å². The Labute approximate surface area is 168 Å². The van der Waals surface area contributed by atoms with E-state index in [0.29, 0.717) is 23.2 Å². The highest BCUT2D eigenvalue weighted by Gasteiger charge is 2.49. The molecule has 1 atom stereocenters. The summed E-state index contributed by atoms with van der Waals surface area (Å²) in [5.74, 6) is 1.73. The van der Waals surface area contributed by atoms with Crippen LogP contribution >= 0.6 is 0 Å². The molecule has 0 spiro atoms. The summed E-state index contributed by atoms with van der Waals surface area (Å²) in [4.78, 5) is 0. The normalized spacial score (nSPS) is 14.7. The highest BCUT2D eigenvalue weighted by molar-refractivity contribution is 6.77. The second-order valence-electron chi connectivity index (χ2n) is 8.89. The molecule has 0 radical (unpaired) electrons. The Morgan fingerprint density at radius 2 is 1.33 bits per heavy atom. The van der Waals surface area contributed by atoms with Crippen LogP contribution in [0.1, 0.15) is 74.7 Å². The van der Waals surface area contributed by atoms with Gasteiger partial charge in [-0.05, 0) is 54.2 Å². The van der Waals surface area contributed by atoms with Gasteiger partial charge in [0.1, 0.15) is 11.5 Å². The van der Waals surface area contributed by atoms with Crippen molar-refractivity contribution in [2.45, 2.75) is 96.9 Å². The maximum atomic E-state index is 7.16. The third-order valence-electron chi connectivity index (χ3n) is 5.87. The van der Waals surface area contributed by atoms with Gasteiger partial charge in [0, 0.05) is 6.42 Å². The summed E-state index contributed by atoms with van der Waals surface area (Å²) >= 11 is 0. The minimum absolute atomic E-state index is 0.133. The smallest absolute Gasteiger partial charge is 0.201 e. The fraction of sp³-hybridized carbons (Fsp3) is 0.739. The third-order valence-corrected chi connectivity index (χ3v) is 12.1. The quantitative estimate of drug-likeness (QED) is 0.350. The highest BCUT2D eigenvalue weighted by Crippen LogP contribution is 2.46. The van der Waals surface area contributed by atoms with Crippen LogP contribution in [-0.2, 0) is 4.43 Å². The minimum atomic E-state index is -1.91. The number of methoxy groups -OCH3 is 1. The van der Waals surface area contributed by atoms with Gasteiger partial charge in [-0.3, -0.25) is 0 Å². The molecule has 27 heavy (non-hydrogen) atoms. The van der Waals surface area contributed by atoms with E-state index >= 15 is 0 Å². The van der Waals surface area contributed by atoms with Crippen molar-refractivity contribution in [2.24, 2.45) is 0 Å². The topological polar surface area (TPSA) is 27.7 Å². The van der Waals surface area contributed by atoms with Gasteiger partial charge in [-0.2, -0.15) is 0 Å². The lowest BCUT2D eigenvalue weighted by Gasteiger charge is -2.48. The lowest BCUT2D eigenvalue weighted by Crippen LogP contribution is -2.54. The SMILES string of the molecule is CCC[C@](C)(CCOc1ccc(OC)cc1)O[Si](C(C)C)(C(C)C)C(C)C. The summed E-state index contributed by atoms with van der Waals surface area (Å²) in [7, 11) is -0.236. The van der Waals surface area contributed by atoms with E-state index in [1.807, 2.05) is 24.3 Å². The first kappa shape index (κ1) is 24.0. The summed E-state index contributed by atoms with van der Waals surface area (Å²) in [6.45, 7) is 19.3. The summed E-state index contributed by atoms with van der Waals surface area (Å²) < 4.78 is 18.4. The fourth-order valence-electron chi connectivity index (χ4n) is 4.59. The molecule has 0 bridgehead atoms. The van der Waals surface area contributed by atoms with Gasteiger partial charge in [0.05, 0.1) is 19.3 Å². The molecule has 4 heteroatoms. The Balaban J connectivity index is 2.88. The molecule has 1 aromatic carbocycles. The Bertz CT molecular complexity index is 517. The van der Waals surface area contributed by atoms with Crippen molar-refractivity contribution in [3.63, 3.8) is 0 Å². The van der Waals surface area contributed by atoms with E-state index in [-0.39, 0.29) is 5.60 Å². The first-order valence-corrected chi connectivity index (χ1v) is 12.7. The largest absolute Gasteiger partial charge is 0.497 e. The molecule has 0 N–H and O–H groups in total. The molecular weight excluding hydrogens is 352 g/mol. The van der Waals surface area contributed by atoms with Crippen molar-refractivity contribution in [3.8, 4) is 11.5 Å². The molecule has 0 amide bonds. The Hall–Kier alpha value is -1.00. The van der Waals surface area contributed by atoms with E-state index in [2.05, 4.69) is 55.4 Å². The van der Waals surface area contributed by atoms with Crippen LogP contribution in [-0.4, -0.2) is 27.6 Å². The molecular formula is C23H42O3Si. The first-order chi connectivity index (χ1) is 12.6. The Morgan fingerprint density at radius 3 is 1.74 bits per heavy atom. The van der Waals surface area contributed by atoms with Crippen LogP contribution in [0, 0.1) is 0 Å². The lowest BCUT2D eigenvalue weighted by atomic mass is 9.97. The van der Waals surface area contributed by atoms with E-state index in [4.69, 9.17) is 13.9 Å². The Kier molecular flexibility index (Phi) is 9.36. The molecule has 0 fully saturated rings. The molecule has 0 aliphatic heterocycles. The second kappa shape index (κ2) is 10.5. The highest BCUT2D eigenvalue weighted by atomic mass is 28.4. The van der Waals surface area contributed by atoms with Crippen LogP contribution in [0.4, 0.5) is 0 Å². The molecule has 0 saturated heterocycles. The zero-order valence-corrected chi connectivity index (χ0v) is 20.1. The van der Waals surface area contributed by atoms with Gasteiger partial charge in [0.2, 0.25) is 8.32 Å². The van der Waals surface area contributed by atoms with Crippen molar-refractivity contribution in [2.75, 3.05) is 13.7 Å². The van der Waals surface area contributed by atoms with Crippen molar-refractivity contribution in [1.82, 2.24) is 0 Å². The monoisotopic (exact) mass is 394 g/mol. The summed E-state index contributed by atoms with van der Waals surface area (Å²) in [6.07, 6.45) is 3.10. The second-order valence-corrected chi connectivity index (χ2v) is 14.3. The number of rotatable bonds is 12. The van der Waals surface area contributed by atoms with Gasteiger partial charge in [-0.15, -0.1) is 0 Å². The average molecular weight is 395 g/mol.